The van der Waals surface area contributed by atoms with E-state index in [1.54, 1.807) is 35.5 Å². The van der Waals surface area contributed by atoms with Crippen molar-refractivity contribution in [3.05, 3.63) is 45.9 Å². The van der Waals surface area contributed by atoms with Crippen LogP contribution >= 0.6 is 34.7 Å². The maximum Gasteiger partial charge on any atom is 0.0931 e. The molecule has 2 heterocycles. The van der Waals surface area contributed by atoms with Crippen LogP contribution in [0.5, 0.6) is 0 Å². The molecule has 2 aromatic heterocycles. The van der Waals surface area contributed by atoms with Crippen molar-refractivity contribution >= 4 is 34.7 Å². The van der Waals surface area contributed by atoms with Crippen molar-refractivity contribution in [1.29, 1.82) is 0 Å². The maximum absolute atomic E-state index is 5.92. The minimum Gasteiger partial charge on any atom is -0.329 e. The predicted octanol–water partition coefficient (Wildman–Crippen LogP) is 3.59. The maximum atomic E-state index is 5.92. The van der Waals surface area contributed by atoms with Gasteiger partial charge in [-0.05, 0) is 24.3 Å². The summed E-state index contributed by atoms with van der Waals surface area (Å²) in [5, 5.41) is 0.264. The molecule has 1 atom stereocenters. The number of hydrogen-bond donors (Lipinski definition) is 1. The molecule has 2 aromatic rings. The van der Waals surface area contributed by atoms with Gasteiger partial charge in [0.15, 0.2) is 0 Å². The minimum atomic E-state index is 0.264. The third-order valence-electron chi connectivity index (χ3n) is 2.05. The van der Waals surface area contributed by atoms with E-state index in [1.807, 2.05) is 24.3 Å². The van der Waals surface area contributed by atoms with Gasteiger partial charge in [0.05, 0.1) is 9.59 Å². The number of halogens is 1. The lowest BCUT2D eigenvalue weighted by molar-refractivity contribution is 0.960. The Hall–Kier alpha value is -0.550. The van der Waals surface area contributed by atoms with Gasteiger partial charge in [0.2, 0.25) is 0 Å². The number of nitrogens with two attached hydrogens (primary N) is 1. The number of nitrogens with zero attached hydrogens (tertiary/aromatic N) is 1. The molecule has 0 amide bonds. The van der Waals surface area contributed by atoms with Crippen LogP contribution in [0, 0.1) is 0 Å². The fraction of sp³-hybridized carbons (Fsp3) is 0.182. The highest BCUT2D eigenvalue weighted by Crippen LogP contribution is 2.38. The lowest BCUT2D eigenvalue weighted by Crippen LogP contribution is -2.07. The molecule has 0 saturated carbocycles. The average Bonchev–Trinajstić information content (AvgIpc) is 2.74. The van der Waals surface area contributed by atoms with Crippen LogP contribution < -0.4 is 5.73 Å². The first-order valence-corrected chi connectivity index (χ1v) is 6.89. The van der Waals surface area contributed by atoms with Gasteiger partial charge in [0.25, 0.3) is 0 Å². The van der Waals surface area contributed by atoms with Gasteiger partial charge < -0.3 is 5.73 Å². The van der Waals surface area contributed by atoms with Crippen molar-refractivity contribution in [3.8, 4) is 0 Å². The number of aromatic nitrogens is 1. The molecule has 2 nitrogen and oxygen atoms in total. The van der Waals surface area contributed by atoms with Crippen LogP contribution in [0.2, 0.25) is 4.34 Å². The molecule has 16 heavy (non-hydrogen) atoms. The van der Waals surface area contributed by atoms with E-state index in [-0.39, 0.29) is 5.25 Å². The molecule has 0 aromatic carbocycles. The number of thiophene rings is 1. The molecule has 5 heteroatoms. The van der Waals surface area contributed by atoms with Crippen molar-refractivity contribution in [1.82, 2.24) is 4.98 Å². The van der Waals surface area contributed by atoms with E-state index in [0.717, 1.165) is 4.34 Å². The molecule has 0 radical (unpaired) electrons. The first-order valence-electron chi connectivity index (χ1n) is 4.81. The predicted molar refractivity (Wildman–Crippen MR) is 71.2 cm³/mol. The number of pyridine rings is 1. The third kappa shape index (κ3) is 2.98. The molecular weight excluding hydrogens is 260 g/mol. The Kier molecular flexibility index (Phi) is 4.23. The van der Waals surface area contributed by atoms with Gasteiger partial charge in [-0.3, -0.25) is 4.98 Å². The van der Waals surface area contributed by atoms with Gasteiger partial charge in [0.1, 0.15) is 0 Å². The SMILES string of the molecule is NCC(Sc1ccncc1)c1ccc(Cl)s1. The van der Waals surface area contributed by atoms with Crippen molar-refractivity contribution in [2.24, 2.45) is 5.73 Å². The van der Waals surface area contributed by atoms with Crippen molar-refractivity contribution in [2.75, 3.05) is 6.54 Å². The Morgan fingerprint density at radius 3 is 2.62 bits per heavy atom. The molecule has 2 N–H and O–H groups in total. The number of thioether (sulfide) groups is 1. The summed E-state index contributed by atoms with van der Waals surface area (Å²) >= 11 is 9.25. The second-order valence-electron chi connectivity index (χ2n) is 3.17. The molecule has 0 saturated heterocycles. The summed E-state index contributed by atoms with van der Waals surface area (Å²) in [6.45, 7) is 0.601. The fourth-order valence-electron chi connectivity index (χ4n) is 1.30. The van der Waals surface area contributed by atoms with Gasteiger partial charge in [-0.1, -0.05) is 11.6 Å². The largest absolute Gasteiger partial charge is 0.329 e. The van der Waals surface area contributed by atoms with Gasteiger partial charge in [-0.2, -0.15) is 0 Å². The number of rotatable bonds is 4. The van der Waals surface area contributed by atoms with Crippen LogP contribution in [0.15, 0.2) is 41.6 Å². The lowest BCUT2D eigenvalue weighted by atomic mass is 10.3. The van der Waals surface area contributed by atoms with Crippen LogP contribution in [0.4, 0.5) is 0 Å². The van der Waals surface area contributed by atoms with E-state index < -0.39 is 0 Å². The highest BCUT2D eigenvalue weighted by molar-refractivity contribution is 7.99. The van der Waals surface area contributed by atoms with E-state index in [2.05, 4.69) is 4.98 Å². The van der Waals surface area contributed by atoms with Crippen molar-refractivity contribution in [3.63, 3.8) is 0 Å². The first-order chi connectivity index (χ1) is 7.79. The van der Waals surface area contributed by atoms with Crippen molar-refractivity contribution in [2.45, 2.75) is 10.1 Å². The van der Waals surface area contributed by atoms with Crippen LogP contribution in [-0.4, -0.2) is 11.5 Å². The summed E-state index contributed by atoms with van der Waals surface area (Å²) in [5.74, 6) is 0. The third-order valence-corrected chi connectivity index (χ3v) is 4.82. The molecule has 0 aliphatic carbocycles. The summed E-state index contributed by atoms with van der Waals surface area (Å²) in [7, 11) is 0. The van der Waals surface area contributed by atoms with Crippen LogP contribution in [0.25, 0.3) is 0 Å². The van der Waals surface area contributed by atoms with Crippen LogP contribution in [0.3, 0.4) is 0 Å². The second-order valence-corrected chi connectivity index (χ2v) is 6.19. The smallest absolute Gasteiger partial charge is 0.0931 e. The number of hydrogen-bond acceptors (Lipinski definition) is 4. The molecule has 84 valence electrons. The first kappa shape index (κ1) is 11.9. The molecule has 0 bridgehead atoms. The van der Waals surface area contributed by atoms with Gasteiger partial charge in [-0.15, -0.1) is 23.1 Å². The fourth-order valence-corrected chi connectivity index (χ4v) is 3.55. The molecule has 0 aliphatic heterocycles. The normalized spacial score (nSPS) is 12.6. The van der Waals surface area contributed by atoms with Gasteiger partial charge >= 0.3 is 0 Å². The van der Waals surface area contributed by atoms with Crippen LogP contribution in [-0.2, 0) is 0 Å². The standard InChI is InChI=1S/C11H11ClN2S2/c12-11-2-1-9(16-11)10(7-13)15-8-3-5-14-6-4-8/h1-6,10H,7,13H2. The van der Waals surface area contributed by atoms with E-state index >= 15 is 0 Å². The monoisotopic (exact) mass is 270 g/mol. The topological polar surface area (TPSA) is 38.9 Å². The molecule has 1 unspecified atom stereocenters. The zero-order valence-electron chi connectivity index (χ0n) is 8.47. The van der Waals surface area contributed by atoms with Gasteiger partial charge in [0, 0.05) is 28.7 Å². The van der Waals surface area contributed by atoms with Gasteiger partial charge in [-0.25, -0.2) is 0 Å². The van der Waals surface area contributed by atoms with Crippen molar-refractivity contribution < 1.29 is 0 Å². The second kappa shape index (κ2) is 5.68. The molecule has 0 fully saturated rings. The Morgan fingerprint density at radius 2 is 2.06 bits per heavy atom. The molecular formula is C11H11ClN2S2. The highest BCUT2D eigenvalue weighted by atomic mass is 35.5. The molecule has 0 spiro atoms. The van der Waals surface area contributed by atoms with E-state index in [0.29, 0.717) is 6.54 Å². The Bertz CT molecular complexity index is 444. The zero-order valence-corrected chi connectivity index (χ0v) is 10.9. The minimum absolute atomic E-state index is 0.264. The summed E-state index contributed by atoms with van der Waals surface area (Å²) in [6.07, 6.45) is 3.58. The van der Waals surface area contributed by atoms with Crippen LogP contribution in [0.1, 0.15) is 10.1 Å². The quantitative estimate of drug-likeness (QED) is 0.863. The summed E-state index contributed by atoms with van der Waals surface area (Å²) in [6, 6.07) is 7.93. The Morgan fingerprint density at radius 1 is 1.31 bits per heavy atom. The van der Waals surface area contributed by atoms with E-state index in [9.17, 15) is 0 Å². The summed E-state index contributed by atoms with van der Waals surface area (Å²) < 4.78 is 0.809. The summed E-state index contributed by atoms with van der Waals surface area (Å²) in [5.41, 5.74) is 5.79. The highest BCUT2D eigenvalue weighted by Gasteiger charge is 2.13. The molecule has 2 rings (SSSR count). The Labute approximate surface area is 108 Å². The zero-order chi connectivity index (χ0) is 11.4. The Balaban J connectivity index is 2.12. The van der Waals surface area contributed by atoms with E-state index in [1.165, 1.54) is 9.77 Å². The van der Waals surface area contributed by atoms with E-state index in [4.69, 9.17) is 17.3 Å². The summed E-state index contributed by atoms with van der Waals surface area (Å²) in [4.78, 5) is 6.39. The average molecular weight is 271 g/mol. The molecule has 0 aliphatic rings. The lowest BCUT2D eigenvalue weighted by Gasteiger charge is -2.11.